The zero-order valence-electron chi connectivity index (χ0n) is 36.2. The van der Waals surface area contributed by atoms with Crippen LogP contribution in [0.15, 0.2) is 271 Å². The minimum absolute atomic E-state index is 1.12. The van der Waals surface area contributed by atoms with Gasteiger partial charge in [-0.3, -0.25) is 0 Å². The monoisotopic (exact) mass is 889 g/mol. The molecular formula is C62H43NSSi2. The van der Waals surface area contributed by atoms with E-state index in [9.17, 15) is 0 Å². The maximum Gasteiger partial charge on any atom is 0.181 e. The van der Waals surface area contributed by atoms with E-state index in [4.69, 9.17) is 0 Å². The summed E-state index contributed by atoms with van der Waals surface area (Å²) in [6.07, 6.45) is 0. The third-order valence-electron chi connectivity index (χ3n) is 14.2. The van der Waals surface area contributed by atoms with Crippen molar-refractivity contribution in [1.82, 2.24) is 0 Å². The fourth-order valence-corrected chi connectivity index (χ4v) is 25.8. The average Bonchev–Trinajstić information content (AvgIpc) is 3.40. The quantitative estimate of drug-likeness (QED) is 0.121. The third kappa shape index (κ3) is 5.72. The lowest BCUT2D eigenvalue weighted by molar-refractivity contribution is 1.30. The lowest BCUT2D eigenvalue weighted by atomic mass is 9.98. The van der Waals surface area contributed by atoms with Crippen molar-refractivity contribution in [3.05, 3.63) is 261 Å². The fraction of sp³-hybridized carbons (Fsp3) is 0. The highest BCUT2D eigenvalue weighted by atomic mass is 32.2. The standard InChI is InChI=1S/C62H43NSSi2/c1-4-21-47(22-5-1)63(54-42-46-20-10-11-27-51(46)52-28-12-13-29-53(52)54)48-39-36-44(37-40-48)45-38-41-61-62(43-45)65(49-23-6-2-7-24-49,50-25-8-3-9-26-50)59-34-18-19-35-60(59)66(61)57-32-16-14-30-55(57)64-56-31-15-17-33-58(56)66/h1-43H. The SMILES string of the molecule is c1ccc(N(c2ccc(-c3ccc4c(c3)[Si](c3ccccc3)(c3ccccc3)c3ccccc3[Si]43c4ccccc4Sc4ccccc43)cc2)c2cc3ccccc3c3ccccc23)cc1. The Morgan fingerprint density at radius 1 is 0.288 bits per heavy atom. The maximum atomic E-state index is 2.63. The maximum absolute atomic E-state index is 2.94. The topological polar surface area (TPSA) is 3.24 Å². The molecule has 0 fully saturated rings. The van der Waals surface area contributed by atoms with E-state index < -0.39 is 16.1 Å². The van der Waals surface area contributed by atoms with Crippen molar-refractivity contribution in [3.8, 4) is 11.1 Å². The second kappa shape index (κ2) is 15.6. The molecule has 0 saturated carbocycles. The van der Waals surface area contributed by atoms with Crippen molar-refractivity contribution >= 4 is 108 Å². The Labute approximate surface area is 392 Å². The normalized spacial score (nSPS) is 13.9. The molecule has 0 radical (unpaired) electrons. The van der Waals surface area contributed by atoms with Gasteiger partial charge >= 0.3 is 0 Å². The van der Waals surface area contributed by atoms with Gasteiger partial charge in [-0.2, -0.15) is 0 Å². The van der Waals surface area contributed by atoms with Crippen LogP contribution in [0.4, 0.5) is 17.1 Å². The summed E-state index contributed by atoms with van der Waals surface area (Å²) in [4.78, 5) is 5.18. The molecule has 0 unspecified atom stereocenters. The summed E-state index contributed by atoms with van der Waals surface area (Å²) in [5.74, 6) is 0. The zero-order chi connectivity index (χ0) is 43.7. The van der Waals surface area contributed by atoms with Crippen molar-refractivity contribution in [2.75, 3.05) is 4.90 Å². The Kier molecular flexibility index (Phi) is 9.21. The first kappa shape index (κ1) is 38.9. The Morgan fingerprint density at radius 2 is 0.742 bits per heavy atom. The molecule has 0 atom stereocenters. The van der Waals surface area contributed by atoms with Gasteiger partial charge in [0.2, 0.25) is 0 Å². The minimum atomic E-state index is -2.94. The first-order valence-corrected chi connectivity index (χ1v) is 27.7. The number of fused-ring (bicyclic) bond motifs is 11. The molecule has 2 aliphatic heterocycles. The van der Waals surface area contributed by atoms with Crippen LogP contribution in [-0.4, -0.2) is 16.1 Å². The van der Waals surface area contributed by atoms with E-state index in [0.29, 0.717) is 0 Å². The predicted molar refractivity (Wildman–Crippen MR) is 286 cm³/mol. The van der Waals surface area contributed by atoms with Gasteiger partial charge in [0.25, 0.3) is 0 Å². The molecule has 11 aromatic rings. The van der Waals surface area contributed by atoms with E-state index >= 15 is 0 Å². The van der Waals surface area contributed by atoms with Crippen LogP contribution in [0.25, 0.3) is 32.7 Å². The van der Waals surface area contributed by atoms with Crippen molar-refractivity contribution in [1.29, 1.82) is 0 Å². The summed E-state index contributed by atoms with van der Waals surface area (Å²) >= 11 is 1.94. The van der Waals surface area contributed by atoms with Gasteiger partial charge in [-0.1, -0.05) is 230 Å². The lowest BCUT2D eigenvalue weighted by Crippen LogP contribution is -2.93. The van der Waals surface area contributed by atoms with E-state index in [2.05, 4.69) is 266 Å². The second-order valence-electron chi connectivity index (χ2n) is 17.5. The van der Waals surface area contributed by atoms with E-state index in [-0.39, 0.29) is 0 Å². The molecular weight excluding hydrogens is 847 g/mol. The van der Waals surface area contributed by atoms with Crippen molar-refractivity contribution in [3.63, 3.8) is 0 Å². The minimum Gasteiger partial charge on any atom is -0.310 e. The van der Waals surface area contributed by atoms with Gasteiger partial charge in [-0.15, -0.1) is 0 Å². The second-order valence-corrected chi connectivity index (χ2v) is 26.0. The molecule has 310 valence electrons. The molecule has 66 heavy (non-hydrogen) atoms. The number of anilines is 3. The summed E-state index contributed by atoms with van der Waals surface area (Å²) in [7, 11) is -5.80. The first-order valence-electron chi connectivity index (χ1n) is 22.8. The number of hydrogen-bond acceptors (Lipinski definition) is 2. The molecule has 2 heterocycles. The molecule has 0 aromatic heterocycles. The molecule has 13 rings (SSSR count). The lowest BCUT2D eigenvalue weighted by Gasteiger charge is -2.50. The van der Waals surface area contributed by atoms with Gasteiger partial charge < -0.3 is 4.90 Å². The number of rotatable bonds is 6. The van der Waals surface area contributed by atoms with Crippen molar-refractivity contribution in [2.24, 2.45) is 0 Å². The van der Waals surface area contributed by atoms with E-state index in [1.165, 1.54) is 89.6 Å². The van der Waals surface area contributed by atoms with Crippen LogP contribution in [0, 0.1) is 0 Å². The molecule has 1 spiro atoms. The number of nitrogens with zero attached hydrogens (tertiary/aromatic N) is 1. The molecule has 0 amide bonds. The molecule has 0 N–H and O–H groups in total. The van der Waals surface area contributed by atoms with Crippen LogP contribution in [0.5, 0.6) is 0 Å². The van der Waals surface area contributed by atoms with E-state index in [1.54, 1.807) is 0 Å². The van der Waals surface area contributed by atoms with Gasteiger partial charge in [-0.05, 0) is 111 Å². The molecule has 2 aliphatic rings. The Morgan fingerprint density at radius 3 is 1.38 bits per heavy atom. The molecule has 11 aromatic carbocycles. The van der Waals surface area contributed by atoms with Crippen LogP contribution < -0.4 is 46.4 Å². The summed E-state index contributed by atoms with van der Waals surface area (Å²) in [5, 5.41) is 16.8. The van der Waals surface area contributed by atoms with Crippen molar-refractivity contribution < 1.29 is 0 Å². The summed E-state index contributed by atoms with van der Waals surface area (Å²) in [6, 6.07) is 98.9. The number of para-hydroxylation sites is 1. The molecule has 4 heteroatoms. The molecule has 0 bridgehead atoms. The summed E-state index contributed by atoms with van der Waals surface area (Å²) in [6.45, 7) is 0. The van der Waals surface area contributed by atoms with Crippen LogP contribution >= 0.6 is 11.8 Å². The number of hydrogen-bond donors (Lipinski definition) is 0. The fourth-order valence-electron chi connectivity index (χ4n) is 11.6. The Bertz CT molecular complexity index is 3540. The summed E-state index contributed by atoms with van der Waals surface area (Å²) in [5.41, 5.74) is 5.85. The Hall–Kier alpha value is -7.48. The van der Waals surface area contributed by atoms with Gasteiger partial charge in [0.1, 0.15) is 0 Å². The van der Waals surface area contributed by atoms with E-state index in [0.717, 1.165) is 11.4 Å². The smallest absolute Gasteiger partial charge is 0.181 e. The summed E-state index contributed by atoms with van der Waals surface area (Å²) < 4.78 is 0. The number of benzene rings is 11. The molecule has 0 saturated heterocycles. The van der Waals surface area contributed by atoms with Gasteiger partial charge in [0, 0.05) is 26.6 Å². The van der Waals surface area contributed by atoms with Crippen LogP contribution in [0.1, 0.15) is 0 Å². The Balaban J connectivity index is 1.07. The highest BCUT2D eigenvalue weighted by Gasteiger charge is 2.58. The van der Waals surface area contributed by atoms with Crippen LogP contribution in [0.2, 0.25) is 0 Å². The highest BCUT2D eigenvalue weighted by molar-refractivity contribution is 8.00. The largest absolute Gasteiger partial charge is 0.310 e. The van der Waals surface area contributed by atoms with Gasteiger partial charge in [-0.25, -0.2) is 0 Å². The van der Waals surface area contributed by atoms with Crippen LogP contribution in [0.3, 0.4) is 0 Å². The third-order valence-corrected chi connectivity index (χ3v) is 26.1. The van der Waals surface area contributed by atoms with Crippen molar-refractivity contribution in [2.45, 2.75) is 9.79 Å². The molecule has 1 nitrogen and oxygen atoms in total. The van der Waals surface area contributed by atoms with Gasteiger partial charge in [0.15, 0.2) is 16.1 Å². The molecule has 0 aliphatic carbocycles. The zero-order valence-corrected chi connectivity index (χ0v) is 39.0. The van der Waals surface area contributed by atoms with E-state index in [1.807, 2.05) is 11.8 Å². The predicted octanol–water partition coefficient (Wildman–Crippen LogP) is 10.7. The van der Waals surface area contributed by atoms with Crippen LogP contribution in [-0.2, 0) is 0 Å². The highest BCUT2D eigenvalue weighted by Crippen LogP contribution is 2.42. The average molecular weight is 890 g/mol. The van der Waals surface area contributed by atoms with Gasteiger partial charge in [0.05, 0.1) is 5.69 Å². The first-order chi connectivity index (χ1) is 32.7.